The highest BCUT2D eigenvalue weighted by molar-refractivity contribution is 7.80. The second kappa shape index (κ2) is 33.9. The first-order chi connectivity index (χ1) is 31.0. The molecule has 0 aliphatic heterocycles. The van der Waals surface area contributed by atoms with Crippen LogP contribution < -0.4 is 57.3 Å². The fourth-order valence-electron chi connectivity index (χ4n) is 3.49. The summed E-state index contributed by atoms with van der Waals surface area (Å²) in [6.07, 6.45) is 0. The molecular formula is C35H60N10O20S5. The average Bonchev–Trinajstić information content (AvgIpc) is 3.11. The van der Waals surface area contributed by atoms with Gasteiger partial charge in [0.05, 0.1) is 0 Å². The van der Waals surface area contributed by atoms with Crippen molar-refractivity contribution in [1.82, 2.24) is 0 Å². The maximum atomic E-state index is 8.74. The molecule has 5 rings (SSSR count). The molecule has 0 amide bonds. The molecule has 0 fully saturated rings. The molecule has 0 unspecified atom stereocenters. The van der Waals surface area contributed by atoms with E-state index in [-0.39, 0.29) is 0 Å². The van der Waals surface area contributed by atoms with Gasteiger partial charge in [-0.1, -0.05) is 0 Å². The fraction of sp³-hybridized carbons (Fsp3) is 0.143. The van der Waals surface area contributed by atoms with Gasteiger partial charge in [0, 0.05) is 56.9 Å². The van der Waals surface area contributed by atoms with Gasteiger partial charge in [-0.2, -0.15) is 42.1 Å². The Hall–Kier alpha value is -6.55. The van der Waals surface area contributed by atoms with E-state index in [0.717, 1.165) is 84.7 Å². The van der Waals surface area contributed by atoms with E-state index in [1.165, 1.54) is 0 Å². The molecule has 0 spiro atoms. The maximum absolute atomic E-state index is 8.74. The Morgan fingerprint density at radius 2 is 0.329 bits per heavy atom. The van der Waals surface area contributed by atoms with E-state index < -0.39 is 52.0 Å². The first-order valence-electron chi connectivity index (χ1n) is 17.6. The topological polar surface area (TPSA) is 633 Å². The molecule has 0 aliphatic carbocycles. The van der Waals surface area contributed by atoms with E-state index >= 15 is 0 Å². The van der Waals surface area contributed by atoms with Crippen LogP contribution in [0.25, 0.3) is 0 Å². The summed E-state index contributed by atoms with van der Waals surface area (Å²) in [4.78, 5) is 0. The van der Waals surface area contributed by atoms with E-state index in [1.807, 2.05) is 95.3 Å². The molecule has 0 radical (unpaired) electrons. The van der Waals surface area contributed by atoms with Crippen LogP contribution in [0, 0.1) is 34.6 Å². The summed E-state index contributed by atoms with van der Waals surface area (Å²) in [5, 5.41) is 0. The third kappa shape index (κ3) is 65.7. The normalized spacial score (nSPS) is 10.2. The van der Waals surface area contributed by atoms with Crippen LogP contribution in [0.2, 0.25) is 0 Å². The van der Waals surface area contributed by atoms with Crippen LogP contribution in [0.1, 0.15) is 27.8 Å². The summed E-state index contributed by atoms with van der Waals surface area (Å²) in [5.74, 6) is 0. The van der Waals surface area contributed by atoms with Crippen LogP contribution >= 0.6 is 0 Å². The monoisotopic (exact) mass is 1100 g/mol. The number of benzene rings is 5. The Kier molecular flexibility index (Phi) is 35.0. The van der Waals surface area contributed by atoms with E-state index in [0.29, 0.717) is 0 Å². The van der Waals surface area contributed by atoms with Gasteiger partial charge in [0.15, 0.2) is 0 Å². The molecule has 0 saturated heterocycles. The SMILES string of the molecule is Cc1cc(N)ccc1N.Cc1cc(N)ccc1N.Cc1cc(N)ccc1N.Cc1cc(N)ccc1N.Cc1cc(N)ccc1N.O=S(=O)(O)O.O=S(=O)(O)O.O=S(=O)(O)O.O=S(=O)(O)O.O=S(=O)(O)O. The highest BCUT2D eigenvalue weighted by atomic mass is 32.3. The van der Waals surface area contributed by atoms with Gasteiger partial charge in [-0.3, -0.25) is 45.5 Å². The van der Waals surface area contributed by atoms with Gasteiger partial charge in [0.2, 0.25) is 0 Å². The van der Waals surface area contributed by atoms with Crippen LogP contribution in [0.15, 0.2) is 91.0 Å². The van der Waals surface area contributed by atoms with Crippen molar-refractivity contribution < 1.29 is 87.6 Å². The van der Waals surface area contributed by atoms with Crippen LogP contribution in [-0.4, -0.2) is 87.6 Å². The van der Waals surface area contributed by atoms with Gasteiger partial charge in [-0.25, -0.2) is 0 Å². The summed E-state index contributed by atoms with van der Waals surface area (Å²) >= 11 is 0. The highest BCUT2D eigenvalue weighted by Crippen LogP contribution is 2.16. The molecule has 0 heterocycles. The summed E-state index contributed by atoms with van der Waals surface area (Å²) in [6, 6.07) is 27.3. The van der Waals surface area contributed by atoms with Gasteiger partial charge in [-0.15, -0.1) is 0 Å². The van der Waals surface area contributed by atoms with E-state index in [4.69, 9.17) is 145 Å². The first kappa shape index (κ1) is 72.4. The molecule has 30 nitrogen and oxygen atoms in total. The van der Waals surface area contributed by atoms with Crippen molar-refractivity contribution in [1.29, 1.82) is 0 Å². The van der Waals surface area contributed by atoms with Gasteiger partial charge in [0.25, 0.3) is 0 Å². The van der Waals surface area contributed by atoms with Crippen molar-refractivity contribution in [2.24, 2.45) is 0 Å². The number of rotatable bonds is 0. The number of nitrogen functional groups attached to an aromatic ring is 10. The highest BCUT2D eigenvalue weighted by Gasteiger charge is 1.94. The minimum Gasteiger partial charge on any atom is -0.399 e. The zero-order valence-electron chi connectivity index (χ0n) is 37.5. The molecule has 0 atom stereocenters. The lowest BCUT2D eigenvalue weighted by atomic mass is 10.2. The first-order valence-corrected chi connectivity index (χ1v) is 24.6. The maximum Gasteiger partial charge on any atom is 0.394 e. The van der Waals surface area contributed by atoms with E-state index in [1.54, 1.807) is 30.3 Å². The zero-order chi connectivity index (χ0) is 56.8. The Balaban J connectivity index is -0.000000227. The minimum absolute atomic E-state index is 0.765. The summed E-state index contributed by atoms with van der Waals surface area (Å²) in [7, 11) is -23.3. The van der Waals surface area contributed by atoms with Crippen molar-refractivity contribution in [3.63, 3.8) is 0 Å². The number of hydrogen-bond acceptors (Lipinski definition) is 20. The molecule has 0 aromatic heterocycles. The summed E-state index contributed by atoms with van der Waals surface area (Å²) in [5.41, 5.74) is 68.0. The molecule has 35 heteroatoms. The van der Waals surface area contributed by atoms with Crippen LogP contribution in [0.4, 0.5) is 56.9 Å². The molecular weight excluding hydrogens is 1040 g/mol. The lowest BCUT2D eigenvalue weighted by Gasteiger charge is -1.98. The van der Waals surface area contributed by atoms with Gasteiger partial charge in [0.1, 0.15) is 0 Å². The van der Waals surface area contributed by atoms with Crippen LogP contribution in [0.3, 0.4) is 0 Å². The molecule has 30 N–H and O–H groups in total. The number of nitrogens with two attached hydrogens (primary N) is 10. The molecule has 0 aliphatic rings. The van der Waals surface area contributed by atoms with Crippen LogP contribution in [-0.2, 0) is 52.0 Å². The second-order valence-corrected chi connectivity index (χ2v) is 17.3. The van der Waals surface area contributed by atoms with Crippen molar-refractivity contribution >= 4 is 109 Å². The number of aryl methyl sites for hydroxylation is 5. The number of hydrogen-bond donors (Lipinski definition) is 20. The Bertz CT molecular complexity index is 2430. The van der Waals surface area contributed by atoms with Crippen molar-refractivity contribution in [2.75, 3.05) is 57.3 Å². The van der Waals surface area contributed by atoms with E-state index in [9.17, 15) is 0 Å². The van der Waals surface area contributed by atoms with Crippen molar-refractivity contribution in [3.8, 4) is 0 Å². The fourth-order valence-corrected chi connectivity index (χ4v) is 3.49. The Labute approximate surface area is 405 Å². The average molecular weight is 1100 g/mol. The molecule has 0 bridgehead atoms. The molecule has 5 aromatic rings. The summed E-state index contributed by atoms with van der Waals surface area (Å²) in [6.45, 7) is 9.68. The van der Waals surface area contributed by atoms with Gasteiger partial charge in [-0.05, 0) is 153 Å². The zero-order valence-corrected chi connectivity index (χ0v) is 41.6. The molecule has 400 valence electrons. The predicted octanol–water partition coefficient (Wildman–Crippen LogP) is 2.53. The second-order valence-electron chi connectivity index (χ2n) is 12.8. The van der Waals surface area contributed by atoms with E-state index in [2.05, 4.69) is 0 Å². The Morgan fingerprint density at radius 1 is 0.243 bits per heavy atom. The largest absolute Gasteiger partial charge is 0.399 e. The summed E-state index contributed by atoms with van der Waals surface area (Å²) < 4.78 is 158. The minimum atomic E-state index is -4.67. The standard InChI is InChI=1S/5C7H10N2.5H2O4S/c5*1-5-4-6(8)2-3-7(5)9;5*1-5(2,3)4/h5*2-4H,8-9H2,1H3;5*(H2,1,2,3,4). The number of anilines is 10. The van der Waals surface area contributed by atoms with Crippen molar-refractivity contribution in [2.45, 2.75) is 34.6 Å². The lowest BCUT2D eigenvalue weighted by molar-refractivity contribution is 0.378. The Morgan fingerprint density at radius 3 is 0.386 bits per heavy atom. The molecule has 70 heavy (non-hydrogen) atoms. The smallest absolute Gasteiger partial charge is 0.394 e. The van der Waals surface area contributed by atoms with Crippen molar-refractivity contribution in [3.05, 3.63) is 119 Å². The molecule has 0 saturated carbocycles. The molecule has 5 aromatic carbocycles. The van der Waals surface area contributed by atoms with Crippen LogP contribution in [0.5, 0.6) is 0 Å². The van der Waals surface area contributed by atoms with Gasteiger partial charge < -0.3 is 57.3 Å². The third-order valence-corrected chi connectivity index (χ3v) is 6.47. The lowest BCUT2D eigenvalue weighted by Crippen LogP contribution is -1.91. The van der Waals surface area contributed by atoms with Gasteiger partial charge >= 0.3 is 52.0 Å². The quantitative estimate of drug-likeness (QED) is 0.0782. The predicted molar refractivity (Wildman–Crippen MR) is 271 cm³/mol. The third-order valence-electron chi connectivity index (χ3n) is 6.47.